The van der Waals surface area contributed by atoms with Crippen molar-refractivity contribution in [2.75, 3.05) is 0 Å². The quantitative estimate of drug-likeness (QED) is 0.160. The zero-order valence-corrected chi connectivity index (χ0v) is 31.2. The molecule has 0 aliphatic rings. The number of hydrogen-bond acceptors (Lipinski definition) is 3. The number of aromatic nitrogens is 5. The van der Waals surface area contributed by atoms with Crippen LogP contribution in [0.1, 0.15) is 0 Å². The number of fused-ring (bicyclic) bond motifs is 6. The Kier molecular flexibility index (Phi) is 7.76. The van der Waals surface area contributed by atoms with Gasteiger partial charge in [-0.05, 0) is 59.7 Å². The molecule has 58 heavy (non-hydrogen) atoms. The van der Waals surface area contributed by atoms with E-state index in [1.807, 2.05) is 84.9 Å². The van der Waals surface area contributed by atoms with Crippen LogP contribution in [0.25, 0.3) is 105 Å². The predicted octanol–water partition coefficient (Wildman–Crippen LogP) is 13.3. The normalized spacial score (nSPS) is 11.4. The molecule has 3 heterocycles. The van der Waals surface area contributed by atoms with Crippen LogP contribution in [0.2, 0.25) is 0 Å². The first-order valence-electron chi connectivity index (χ1n) is 19.2. The van der Waals surface area contributed by atoms with E-state index in [0.717, 1.165) is 72.0 Å². The molecular weight excluding hydrogens is 709 g/mol. The standard InChI is InChI=1S/C52H32N6/c1-53-45-24-12-8-20-40(45)36-30-37(52-55-50(34-16-4-2-5-17-34)54-51(56-52)35-18-6-3-7-19-35)32-39(31-36)58-48-27-15-11-23-43(48)44-29-28-38(33-49(44)58)57-46-25-13-9-21-41(46)42-22-10-14-26-47(42)57/h2-33H. The summed E-state index contributed by atoms with van der Waals surface area (Å²) in [6, 6.07) is 66.9. The highest BCUT2D eigenvalue weighted by Gasteiger charge is 2.20. The van der Waals surface area contributed by atoms with Crippen LogP contribution in [-0.4, -0.2) is 24.1 Å². The number of para-hydroxylation sites is 4. The van der Waals surface area contributed by atoms with Gasteiger partial charge in [-0.15, -0.1) is 0 Å². The molecule has 0 aliphatic carbocycles. The molecule has 0 radical (unpaired) electrons. The average Bonchev–Trinajstić information content (AvgIpc) is 3.82. The Morgan fingerprint density at radius 3 is 1.36 bits per heavy atom. The van der Waals surface area contributed by atoms with Gasteiger partial charge in [0.15, 0.2) is 23.2 Å². The molecular formula is C52H32N6. The van der Waals surface area contributed by atoms with E-state index in [-0.39, 0.29) is 0 Å². The van der Waals surface area contributed by atoms with Crippen molar-refractivity contribution in [2.24, 2.45) is 0 Å². The molecule has 0 fully saturated rings. The number of benzene rings is 8. The first-order chi connectivity index (χ1) is 28.7. The minimum Gasteiger partial charge on any atom is -0.309 e. The Bertz CT molecular complexity index is 3300. The largest absolute Gasteiger partial charge is 0.309 e. The fourth-order valence-electron chi connectivity index (χ4n) is 8.35. The molecule has 11 aromatic rings. The fraction of sp³-hybridized carbons (Fsp3) is 0. The topological polar surface area (TPSA) is 52.9 Å². The third kappa shape index (κ3) is 5.45. The minimum atomic E-state index is 0.544. The summed E-state index contributed by atoms with van der Waals surface area (Å²) >= 11 is 0. The molecule has 0 amide bonds. The molecule has 8 aromatic carbocycles. The van der Waals surface area contributed by atoms with E-state index in [1.165, 1.54) is 10.8 Å². The molecule has 0 saturated heterocycles. The lowest BCUT2D eigenvalue weighted by atomic mass is 9.99. The van der Waals surface area contributed by atoms with Crippen molar-refractivity contribution in [3.8, 4) is 56.7 Å². The van der Waals surface area contributed by atoms with Gasteiger partial charge >= 0.3 is 0 Å². The SMILES string of the molecule is [C-]#[N+]c1ccccc1-c1cc(-c2nc(-c3ccccc3)nc(-c3ccccc3)n2)cc(-n2c3ccccc3c3ccc(-n4c5ccccc5c5ccccc54)cc32)c1. The third-order valence-electron chi connectivity index (χ3n) is 11.0. The zero-order chi connectivity index (χ0) is 38.6. The summed E-state index contributed by atoms with van der Waals surface area (Å²) in [5.74, 6) is 1.72. The van der Waals surface area contributed by atoms with E-state index in [9.17, 15) is 0 Å². The van der Waals surface area contributed by atoms with Crippen molar-refractivity contribution in [3.63, 3.8) is 0 Å². The van der Waals surface area contributed by atoms with Gasteiger partial charge in [0.1, 0.15) is 0 Å². The fourth-order valence-corrected chi connectivity index (χ4v) is 8.35. The van der Waals surface area contributed by atoms with Gasteiger partial charge in [-0.2, -0.15) is 0 Å². The molecule has 0 aliphatic heterocycles. The summed E-state index contributed by atoms with van der Waals surface area (Å²) in [5, 5.41) is 4.73. The summed E-state index contributed by atoms with van der Waals surface area (Å²) in [6.07, 6.45) is 0. The van der Waals surface area contributed by atoms with E-state index in [1.54, 1.807) is 0 Å². The van der Waals surface area contributed by atoms with Gasteiger partial charge in [0, 0.05) is 49.6 Å². The first-order valence-corrected chi connectivity index (χ1v) is 19.2. The van der Waals surface area contributed by atoms with Gasteiger partial charge in [0.25, 0.3) is 0 Å². The maximum absolute atomic E-state index is 8.10. The summed E-state index contributed by atoms with van der Waals surface area (Å²) in [4.78, 5) is 19.2. The molecule has 0 unspecified atom stereocenters. The second-order valence-electron chi connectivity index (χ2n) is 14.4. The lowest BCUT2D eigenvalue weighted by Gasteiger charge is -2.15. The summed E-state index contributed by atoms with van der Waals surface area (Å²) in [6.45, 7) is 8.10. The highest BCUT2D eigenvalue weighted by atomic mass is 15.0. The maximum Gasteiger partial charge on any atom is 0.194 e. The van der Waals surface area contributed by atoms with Crippen molar-refractivity contribution in [1.82, 2.24) is 24.1 Å². The highest BCUT2D eigenvalue weighted by Crippen LogP contribution is 2.40. The predicted molar refractivity (Wildman–Crippen MR) is 237 cm³/mol. The van der Waals surface area contributed by atoms with Crippen LogP contribution >= 0.6 is 0 Å². The molecule has 0 atom stereocenters. The van der Waals surface area contributed by atoms with E-state index in [4.69, 9.17) is 21.5 Å². The second kappa shape index (κ2) is 13.6. The Labute approximate surface area is 334 Å². The number of hydrogen-bond donors (Lipinski definition) is 0. The van der Waals surface area contributed by atoms with Crippen LogP contribution in [0.3, 0.4) is 0 Å². The summed E-state index contributed by atoms with van der Waals surface area (Å²) in [7, 11) is 0. The van der Waals surface area contributed by atoms with Gasteiger partial charge < -0.3 is 9.13 Å². The maximum atomic E-state index is 8.10. The minimum absolute atomic E-state index is 0.544. The van der Waals surface area contributed by atoms with E-state index >= 15 is 0 Å². The van der Waals surface area contributed by atoms with E-state index in [0.29, 0.717) is 23.2 Å². The number of rotatable bonds is 6. The molecule has 6 heteroatoms. The van der Waals surface area contributed by atoms with Crippen LogP contribution < -0.4 is 0 Å². The molecule has 0 spiro atoms. The molecule has 270 valence electrons. The molecule has 11 rings (SSSR count). The summed E-state index contributed by atoms with van der Waals surface area (Å²) < 4.78 is 4.70. The van der Waals surface area contributed by atoms with Gasteiger partial charge in [0.2, 0.25) is 0 Å². The van der Waals surface area contributed by atoms with Crippen LogP contribution in [0.4, 0.5) is 5.69 Å². The van der Waals surface area contributed by atoms with Crippen molar-refractivity contribution in [2.45, 2.75) is 0 Å². The van der Waals surface area contributed by atoms with Crippen molar-refractivity contribution in [1.29, 1.82) is 0 Å². The highest BCUT2D eigenvalue weighted by molar-refractivity contribution is 6.12. The van der Waals surface area contributed by atoms with Crippen LogP contribution in [0, 0.1) is 6.57 Å². The van der Waals surface area contributed by atoms with Gasteiger partial charge in [-0.25, -0.2) is 19.8 Å². The number of nitrogens with zero attached hydrogens (tertiary/aromatic N) is 6. The average molecular weight is 741 g/mol. The van der Waals surface area contributed by atoms with Crippen LogP contribution in [0.5, 0.6) is 0 Å². The molecule has 0 bridgehead atoms. The Morgan fingerprint density at radius 1 is 0.345 bits per heavy atom. The molecule has 0 saturated carbocycles. The first kappa shape index (κ1) is 33.2. The van der Waals surface area contributed by atoms with Crippen molar-refractivity contribution < 1.29 is 0 Å². The third-order valence-corrected chi connectivity index (χ3v) is 11.0. The summed E-state index contributed by atoms with van der Waals surface area (Å²) in [5.41, 5.74) is 11.4. The van der Waals surface area contributed by atoms with Gasteiger partial charge in [0.05, 0.1) is 28.6 Å². The lowest BCUT2D eigenvalue weighted by Crippen LogP contribution is -2.02. The van der Waals surface area contributed by atoms with E-state index in [2.05, 4.69) is 123 Å². The van der Waals surface area contributed by atoms with Crippen molar-refractivity contribution in [3.05, 3.63) is 206 Å². The molecule has 0 N–H and O–H groups in total. The monoisotopic (exact) mass is 740 g/mol. The van der Waals surface area contributed by atoms with Gasteiger partial charge in [-0.3, -0.25) is 0 Å². The Hall–Kier alpha value is -8.14. The molecule has 3 aromatic heterocycles. The second-order valence-corrected chi connectivity index (χ2v) is 14.4. The molecule has 6 nitrogen and oxygen atoms in total. The lowest BCUT2D eigenvalue weighted by molar-refractivity contribution is 1.07. The van der Waals surface area contributed by atoms with E-state index < -0.39 is 0 Å². The Balaban J connectivity index is 1.21. The van der Waals surface area contributed by atoms with Gasteiger partial charge in [-0.1, -0.05) is 146 Å². The smallest absolute Gasteiger partial charge is 0.194 e. The van der Waals surface area contributed by atoms with Crippen LogP contribution in [0.15, 0.2) is 194 Å². The Morgan fingerprint density at radius 2 is 0.793 bits per heavy atom. The van der Waals surface area contributed by atoms with Crippen molar-refractivity contribution >= 4 is 49.3 Å². The zero-order valence-electron chi connectivity index (χ0n) is 31.2. The van der Waals surface area contributed by atoms with Crippen LogP contribution in [-0.2, 0) is 0 Å².